The Morgan fingerprint density at radius 3 is 2.24 bits per heavy atom. The van der Waals surface area contributed by atoms with Crippen LogP contribution in [-0.2, 0) is 9.59 Å². The van der Waals surface area contributed by atoms with E-state index in [1.54, 1.807) is 30.3 Å². The van der Waals surface area contributed by atoms with Crippen LogP contribution >= 0.6 is 11.6 Å². The molecule has 1 N–H and O–H groups in total. The second-order valence-corrected chi connectivity index (χ2v) is 9.69. The van der Waals surface area contributed by atoms with Gasteiger partial charge in [0, 0.05) is 29.3 Å². The maximum absolute atomic E-state index is 13.2. The summed E-state index contributed by atoms with van der Waals surface area (Å²) in [5.74, 6) is -1.86. The second-order valence-electron chi connectivity index (χ2n) is 9.25. The summed E-state index contributed by atoms with van der Waals surface area (Å²) >= 11 is 5.97. The number of likely N-dealkylation sites (tertiary alicyclic amines) is 1. The van der Waals surface area contributed by atoms with E-state index in [2.05, 4.69) is 18.7 Å². The van der Waals surface area contributed by atoms with Gasteiger partial charge in [-0.05, 0) is 68.7 Å². The Morgan fingerprint density at radius 2 is 1.65 bits per heavy atom. The van der Waals surface area contributed by atoms with E-state index in [-0.39, 0.29) is 23.6 Å². The molecule has 0 aromatic heterocycles. The number of Topliss-reactive ketones (excluding diaryl/α,β-unsaturated/α-hetero) is 1. The second kappa shape index (κ2) is 13.4. The monoisotopic (exact) mass is 527 g/mol. The topological polar surface area (TPSA) is 104 Å². The number of nitrogens with zero attached hydrogens (tertiary/aromatic N) is 3. The Hall–Kier alpha value is -3.23. The molecule has 1 saturated heterocycles. The zero-order valence-corrected chi connectivity index (χ0v) is 22.1. The lowest BCUT2D eigenvalue weighted by molar-refractivity contribution is -0.384. The van der Waals surface area contributed by atoms with Gasteiger partial charge in [0.1, 0.15) is 5.76 Å². The van der Waals surface area contributed by atoms with Gasteiger partial charge in [-0.1, -0.05) is 50.4 Å². The Balaban J connectivity index is 1.96. The van der Waals surface area contributed by atoms with E-state index in [1.165, 1.54) is 23.1 Å². The van der Waals surface area contributed by atoms with Gasteiger partial charge in [0.15, 0.2) is 0 Å². The van der Waals surface area contributed by atoms with Crippen molar-refractivity contribution in [1.82, 2.24) is 9.80 Å². The smallest absolute Gasteiger partial charge is 0.295 e. The normalized spacial score (nSPS) is 17.1. The fraction of sp³-hybridized carbons (Fsp3) is 0.429. The summed E-state index contributed by atoms with van der Waals surface area (Å²) in [6.07, 6.45) is 4.99. The van der Waals surface area contributed by atoms with E-state index in [4.69, 9.17) is 11.6 Å². The number of non-ortho nitro benzene ring substituents is 1. The van der Waals surface area contributed by atoms with E-state index in [0.29, 0.717) is 22.6 Å². The number of ketones is 1. The SMILES string of the molecule is CCCCN(CCCC)CCCN1C(=O)C(=O)C(=C(O)c2ccc(Cl)cc2)[C@@H]1c1cccc([N+](=O)[O-])c1. The van der Waals surface area contributed by atoms with Crippen molar-refractivity contribution in [3.05, 3.63) is 80.4 Å². The number of unbranched alkanes of at least 4 members (excludes halogenated alkanes) is 2. The lowest BCUT2D eigenvalue weighted by Crippen LogP contribution is -2.34. The van der Waals surface area contributed by atoms with E-state index in [9.17, 15) is 24.8 Å². The van der Waals surface area contributed by atoms with Gasteiger partial charge < -0.3 is 14.9 Å². The van der Waals surface area contributed by atoms with Crippen molar-refractivity contribution in [3.63, 3.8) is 0 Å². The largest absolute Gasteiger partial charge is 0.507 e. The first-order valence-corrected chi connectivity index (χ1v) is 13.2. The number of aliphatic hydroxyl groups excluding tert-OH is 1. The molecule has 1 aliphatic rings. The molecular formula is C28H34ClN3O5. The van der Waals surface area contributed by atoms with Gasteiger partial charge in [-0.3, -0.25) is 19.7 Å². The van der Waals surface area contributed by atoms with Crippen molar-refractivity contribution in [2.75, 3.05) is 26.2 Å². The number of nitro groups is 1. The van der Waals surface area contributed by atoms with Gasteiger partial charge in [0.05, 0.1) is 16.5 Å². The summed E-state index contributed by atoms with van der Waals surface area (Å²) in [5.41, 5.74) is 0.502. The maximum atomic E-state index is 13.2. The molecule has 0 aliphatic carbocycles. The average Bonchev–Trinajstić information content (AvgIpc) is 3.15. The first-order chi connectivity index (χ1) is 17.8. The third-order valence-electron chi connectivity index (χ3n) is 6.58. The molecule has 0 saturated carbocycles. The molecule has 0 spiro atoms. The summed E-state index contributed by atoms with van der Waals surface area (Å²) < 4.78 is 0. The van der Waals surface area contributed by atoms with Gasteiger partial charge >= 0.3 is 0 Å². The number of hydrogen-bond acceptors (Lipinski definition) is 6. The van der Waals surface area contributed by atoms with Crippen molar-refractivity contribution >= 4 is 34.7 Å². The minimum atomic E-state index is -0.935. The standard InChI is InChI=1S/C28H34ClN3O5/c1-3-5-15-30(16-6-4-2)17-8-18-31-25(21-9-7-10-23(19-21)32(36)37)24(27(34)28(31)35)26(33)20-11-13-22(29)14-12-20/h7,9-14,19,25,33H,3-6,8,15-18H2,1-2H3/t25-/m0/s1. The quantitative estimate of drug-likeness (QED) is 0.113. The molecule has 1 fully saturated rings. The molecular weight excluding hydrogens is 494 g/mol. The number of amides is 1. The highest BCUT2D eigenvalue weighted by atomic mass is 35.5. The van der Waals surface area contributed by atoms with Crippen LogP contribution in [0.5, 0.6) is 0 Å². The number of nitro benzene ring substituents is 1. The summed E-state index contributed by atoms with van der Waals surface area (Å²) in [4.78, 5) is 41.1. The van der Waals surface area contributed by atoms with Gasteiger partial charge in [0.2, 0.25) is 0 Å². The van der Waals surface area contributed by atoms with Crippen molar-refractivity contribution in [1.29, 1.82) is 0 Å². The Morgan fingerprint density at radius 1 is 1.03 bits per heavy atom. The van der Waals surface area contributed by atoms with Crippen LogP contribution < -0.4 is 0 Å². The highest BCUT2D eigenvalue weighted by molar-refractivity contribution is 6.46. The molecule has 0 bridgehead atoms. The van der Waals surface area contributed by atoms with Crippen LogP contribution in [-0.4, -0.2) is 57.7 Å². The third-order valence-corrected chi connectivity index (χ3v) is 6.84. The molecule has 37 heavy (non-hydrogen) atoms. The fourth-order valence-corrected chi connectivity index (χ4v) is 4.72. The minimum absolute atomic E-state index is 0.0818. The highest BCUT2D eigenvalue weighted by Crippen LogP contribution is 2.40. The van der Waals surface area contributed by atoms with E-state index < -0.39 is 22.7 Å². The first kappa shape index (κ1) is 28.3. The van der Waals surface area contributed by atoms with Crippen LogP contribution in [0.25, 0.3) is 5.76 Å². The molecule has 9 heteroatoms. The van der Waals surface area contributed by atoms with Crippen LogP contribution in [0.1, 0.15) is 63.1 Å². The van der Waals surface area contributed by atoms with Gasteiger partial charge in [0.25, 0.3) is 17.4 Å². The Bertz CT molecular complexity index is 1140. The number of rotatable bonds is 13. The first-order valence-electron chi connectivity index (χ1n) is 12.8. The van der Waals surface area contributed by atoms with E-state index in [1.807, 2.05) is 0 Å². The molecule has 3 rings (SSSR count). The summed E-state index contributed by atoms with van der Waals surface area (Å²) in [6, 6.07) is 11.2. The summed E-state index contributed by atoms with van der Waals surface area (Å²) in [7, 11) is 0. The van der Waals surface area contributed by atoms with Gasteiger partial charge in [-0.15, -0.1) is 0 Å². The number of hydrogen-bond donors (Lipinski definition) is 1. The number of carbonyl (C=O) groups is 2. The van der Waals surface area contributed by atoms with Crippen LogP contribution in [0, 0.1) is 10.1 Å². The zero-order chi connectivity index (χ0) is 26.9. The minimum Gasteiger partial charge on any atom is -0.507 e. The maximum Gasteiger partial charge on any atom is 0.295 e. The Kier molecular flexibility index (Phi) is 10.2. The fourth-order valence-electron chi connectivity index (χ4n) is 4.59. The number of benzene rings is 2. The molecule has 2 aromatic carbocycles. The van der Waals surface area contributed by atoms with Gasteiger partial charge in [-0.25, -0.2) is 0 Å². The van der Waals surface area contributed by atoms with Crippen LogP contribution in [0.4, 0.5) is 5.69 Å². The molecule has 8 nitrogen and oxygen atoms in total. The van der Waals surface area contributed by atoms with Crippen molar-refractivity contribution in [2.45, 2.75) is 52.0 Å². The van der Waals surface area contributed by atoms with Crippen LogP contribution in [0.3, 0.4) is 0 Å². The summed E-state index contributed by atoms with van der Waals surface area (Å²) in [5, 5.41) is 23.0. The lowest BCUT2D eigenvalue weighted by Gasteiger charge is -2.27. The zero-order valence-electron chi connectivity index (χ0n) is 21.4. The predicted octanol–water partition coefficient (Wildman–Crippen LogP) is 5.96. The Labute approximate surface area is 222 Å². The number of carbonyl (C=O) groups excluding carboxylic acids is 2. The summed E-state index contributed by atoms with van der Waals surface area (Å²) in [6.45, 7) is 7.29. The third kappa shape index (κ3) is 6.96. The van der Waals surface area contributed by atoms with Gasteiger partial charge in [-0.2, -0.15) is 0 Å². The molecule has 2 aromatic rings. The van der Waals surface area contributed by atoms with Crippen molar-refractivity contribution in [2.24, 2.45) is 0 Å². The molecule has 0 unspecified atom stereocenters. The van der Waals surface area contributed by atoms with E-state index >= 15 is 0 Å². The highest BCUT2D eigenvalue weighted by Gasteiger charge is 2.46. The van der Waals surface area contributed by atoms with Crippen LogP contribution in [0.2, 0.25) is 5.02 Å². The number of halogens is 1. The number of aliphatic hydroxyl groups is 1. The lowest BCUT2D eigenvalue weighted by atomic mass is 9.95. The predicted molar refractivity (Wildman–Crippen MR) is 144 cm³/mol. The molecule has 1 amide bonds. The molecule has 1 atom stereocenters. The van der Waals surface area contributed by atoms with Crippen molar-refractivity contribution in [3.8, 4) is 0 Å². The average molecular weight is 528 g/mol. The van der Waals surface area contributed by atoms with Crippen molar-refractivity contribution < 1.29 is 19.6 Å². The molecule has 1 aliphatic heterocycles. The molecule has 0 radical (unpaired) electrons. The molecule has 1 heterocycles. The van der Waals surface area contributed by atoms with E-state index in [0.717, 1.165) is 45.3 Å². The van der Waals surface area contributed by atoms with Crippen LogP contribution in [0.15, 0.2) is 54.1 Å². The molecule has 198 valence electrons.